The molecular weight excluding hydrogens is 455 g/mol. The minimum atomic E-state index is -4.62. The number of amides is 2. The van der Waals surface area contributed by atoms with Crippen molar-refractivity contribution in [1.29, 1.82) is 0 Å². The zero-order valence-electron chi connectivity index (χ0n) is 18.8. The average Bonchev–Trinajstić information content (AvgIpc) is 3.21. The number of carbonyl (C=O) groups excluding carboxylic acids is 1. The molecule has 1 heterocycles. The molecule has 0 radical (unpaired) electrons. The van der Waals surface area contributed by atoms with Gasteiger partial charge in [0, 0.05) is 19.1 Å². The SMILES string of the molecule is CCC1C[C@@H]2CC3CCC132.NC(=O)NCC1CCCN1S(=O)(=O)c1cccc(C(F)(F)F)c1. The lowest BCUT2D eigenvalue weighted by atomic mass is 9.29. The van der Waals surface area contributed by atoms with Crippen LogP contribution in [0.25, 0.3) is 0 Å². The average molecular weight is 488 g/mol. The van der Waals surface area contributed by atoms with Crippen LogP contribution < -0.4 is 11.1 Å². The fraction of sp³-hybridized carbons (Fsp3) is 0.696. The molecule has 3 aliphatic carbocycles. The molecule has 1 saturated heterocycles. The summed E-state index contributed by atoms with van der Waals surface area (Å²) in [6.45, 7) is 2.58. The van der Waals surface area contributed by atoms with E-state index in [-0.39, 0.29) is 13.1 Å². The summed E-state index contributed by atoms with van der Waals surface area (Å²) in [6, 6.07) is 2.31. The topological polar surface area (TPSA) is 92.5 Å². The maximum Gasteiger partial charge on any atom is 0.416 e. The molecule has 5 rings (SSSR count). The van der Waals surface area contributed by atoms with Crippen LogP contribution in [-0.4, -0.2) is 37.9 Å². The van der Waals surface area contributed by atoms with Crippen LogP contribution in [0.5, 0.6) is 0 Å². The Morgan fingerprint density at radius 3 is 2.52 bits per heavy atom. The van der Waals surface area contributed by atoms with E-state index in [2.05, 4.69) is 12.2 Å². The van der Waals surface area contributed by atoms with Crippen molar-refractivity contribution in [3.63, 3.8) is 0 Å². The van der Waals surface area contributed by atoms with E-state index in [9.17, 15) is 26.4 Å². The van der Waals surface area contributed by atoms with Crippen LogP contribution in [0.4, 0.5) is 18.0 Å². The molecule has 6 nitrogen and oxygen atoms in total. The quantitative estimate of drug-likeness (QED) is 0.646. The van der Waals surface area contributed by atoms with E-state index >= 15 is 0 Å². The number of alkyl halides is 3. The molecule has 4 unspecified atom stereocenters. The summed E-state index contributed by atoms with van der Waals surface area (Å²) in [7, 11) is -4.08. The van der Waals surface area contributed by atoms with Crippen molar-refractivity contribution in [2.75, 3.05) is 13.1 Å². The van der Waals surface area contributed by atoms with Crippen LogP contribution in [0.2, 0.25) is 0 Å². The number of hydrogen-bond acceptors (Lipinski definition) is 3. The molecule has 0 bridgehead atoms. The van der Waals surface area contributed by atoms with Gasteiger partial charge in [0.25, 0.3) is 0 Å². The predicted molar refractivity (Wildman–Crippen MR) is 118 cm³/mol. The molecule has 1 aliphatic heterocycles. The fourth-order valence-electron chi connectivity index (χ4n) is 6.61. The second kappa shape index (κ2) is 8.76. The zero-order valence-corrected chi connectivity index (χ0v) is 19.6. The van der Waals surface area contributed by atoms with E-state index in [0.717, 1.165) is 33.8 Å². The molecule has 3 N–H and O–H groups in total. The Labute approximate surface area is 193 Å². The van der Waals surface area contributed by atoms with Crippen LogP contribution in [0.3, 0.4) is 0 Å². The van der Waals surface area contributed by atoms with Gasteiger partial charge in [-0.15, -0.1) is 0 Å². The third-order valence-corrected chi connectivity index (χ3v) is 10.4. The van der Waals surface area contributed by atoms with Crippen molar-refractivity contribution in [1.82, 2.24) is 9.62 Å². The monoisotopic (exact) mass is 487 g/mol. The third kappa shape index (κ3) is 4.24. The molecule has 1 aromatic rings. The van der Waals surface area contributed by atoms with Gasteiger partial charge in [-0.25, -0.2) is 13.2 Å². The third-order valence-electron chi connectivity index (χ3n) is 8.44. The van der Waals surface area contributed by atoms with Gasteiger partial charge in [-0.05, 0) is 79.9 Å². The number of nitrogens with two attached hydrogens (primary N) is 1. The molecule has 33 heavy (non-hydrogen) atoms. The van der Waals surface area contributed by atoms with E-state index in [4.69, 9.17) is 5.73 Å². The Hall–Kier alpha value is -1.81. The molecule has 2 amide bonds. The number of carbonyl (C=O) groups is 1. The number of hydrogen-bond donors (Lipinski definition) is 2. The van der Waals surface area contributed by atoms with Crippen molar-refractivity contribution >= 4 is 16.1 Å². The Balaban J connectivity index is 0.000000210. The number of nitrogens with one attached hydrogen (secondary N) is 1. The number of urea groups is 1. The normalized spacial score (nSPS) is 32.7. The van der Waals surface area contributed by atoms with Crippen molar-refractivity contribution < 1.29 is 26.4 Å². The molecule has 5 atom stereocenters. The number of nitrogens with zero attached hydrogens (tertiary/aromatic N) is 1. The van der Waals surface area contributed by atoms with Crippen LogP contribution in [0.1, 0.15) is 57.4 Å². The van der Waals surface area contributed by atoms with E-state index in [0.29, 0.717) is 18.9 Å². The molecule has 4 fully saturated rings. The lowest BCUT2D eigenvalue weighted by Crippen LogP contribution is -2.67. The first-order chi connectivity index (χ1) is 15.5. The summed E-state index contributed by atoms with van der Waals surface area (Å²) in [6.07, 6.45) is 4.27. The van der Waals surface area contributed by atoms with Gasteiger partial charge in [-0.1, -0.05) is 19.4 Å². The Bertz CT molecular complexity index is 994. The van der Waals surface area contributed by atoms with Gasteiger partial charge in [0.1, 0.15) is 0 Å². The highest BCUT2D eigenvalue weighted by Gasteiger charge is 2.69. The molecule has 1 aromatic carbocycles. The maximum absolute atomic E-state index is 12.7. The predicted octanol–water partition coefficient (Wildman–Crippen LogP) is 4.36. The van der Waals surface area contributed by atoms with E-state index in [1.807, 2.05) is 0 Å². The van der Waals surface area contributed by atoms with Crippen molar-refractivity contribution in [2.45, 2.75) is 69.0 Å². The van der Waals surface area contributed by atoms with Crippen molar-refractivity contribution in [3.8, 4) is 0 Å². The lowest BCUT2D eigenvalue weighted by Gasteiger charge is -2.75. The van der Waals surface area contributed by atoms with Gasteiger partial charge < -0.3 is 11.1 Å². The Morgan fingerprint density at radius 1 is 1.24 bits per heavy atom. The first-order valence-electron chi connectivity index (χ1n) is 11.7. The van der Waals surface area contributed by atoms with Gasteiger partial charge in [0.2, 0.25) is 10.0 Å². The molecular formula is C23H32F3N3O3S. The van der Waals surface area contributed by atoms with E-state index in [1.54, 1.807) is 25.7 Å². The summed E-state index contributed by atoms with van der Waals surface area (Å²) in [4.78, 5) is 10.3. The first-order valence-corrected chi connectivity index (χ1v) is 13.2. The summed E-state index contributed by atoms with van der Waals surface area (Å²) in [5, 5.41) is 2.33. The van der Waals surface area contributed by atoms with Crippen molar-refractivity contribution in [3.05, 3.63) is 29.8 Å². The smallest absolute Gasteiger partial charge is 0.352 e. The zero-order chi connectivity index (χ0) is 24.0. The van der Waals surface area contributed by atoms with Crippen LogP contribution in [-0.2, 0) is 16.2 Å². The first kappa shape index (κ1) is 24.3. The summed E-state index contributed by atoms with van der Waals surface area (Å²) in [5.74, 6) is 3.57. The molecule has 4 aliphatic rings. The fourth-order valence-corrected chi connectivity index (χ4v) is 8.35. The Morgan fingerprint density at radius 2 is 2.00 bits per heavy atom. The molecule has 184 valence electrons. The van der Waals surface area contributed by atoms with Gasteiger partial charge in [0.15, 0.2) is 0 Å². The number of halogens is 3. The van der Waals surface area contributed by atoms with Gasteiger partial charge >= 0.3 is 12.2 Å². The van der Waals surface area contributed by atoms with E-state index < -0.39 is 38.7 Å². The number of primary amides is 1. The van der Waals surface area contributed by atoms with Gasteiger partial charge in [-0.2, -0.15) is 17.5 Å². The largest absolute Gasteiger partial charge is 0.416 e. The molecule has 0 aromatic heterocycles. The highest BCUT2D eigenvalue weighted by molar-refractivity contribution is 7.89. The lowest BCUT2D eigenvalue weighted by molar-refractivity contribution is -0.263. The number of sulfonamides is 1. The Kier molecular flexibility index (Phi) is 6.46. The molecule has 10 heteroatoms. The molecule has 1 spiro atoms. The van der Waals surface area contributed by atoms with Gasteiger partial charge in [-0.3, -0.25) is 0 Å². The second-order valence-electron chi connectivity index (χ2n) is 9.80. The number of rotatable bonds is 5. The highest BCUT2D eigenvalue weighted by Crippen LogP contribution is 2.77. The van der Waals surface area contributed by atoms with Crippen LogP contribution >= 0.6 is 0 Å². The second-order valence-corrected chi connectivity index (χ2v) is 11.7. The standard InChI is InChI=1S/C13H16F3N3O3S.C10H16/c14-13(15,16)9-3-1-5-11(7-9)23(21,22)19-6-2-4-10(19)8-18-12(17)20;1-2-7-5-9-6-8-3-4-10(7,8)9/h1,3,5,7,10H,2,4,6,8H2,(H3,17,18,20);7-9H,2-6H2,1H3/t;7?,8?,9-,10?/m.1/s1. The van der Waals surface area contributed by atoms with Crippen molar-refractivity contribution in [2.24, 2.45) is 28.9 Å². The molecule has 3 saturated carbocycles. The van der Waals surface area contributed by atoms with Crippen LogP contribution in [0.15, 0.2) is 29.2 Å². The summed E-state index contributed by atoms with van der Waals surface area (Å²) >= 11 is 0. The maximum atomic E-state index is 12.7. The minimum Gasteiger partial charge on any atom is -0.352 e. The van der Waals surface area contributed by atoms with Gasteiger partial charge in [0.05, 0.1) is 10.5 Å². The van der Waals surface area contributed by atoms with Crippen LogP contribution in [0, 0.1) is 23.2 Å². The summed E-state index contributed by atoms with van der Waals surface area (Å²) < 4.78 is 64.5. The number of benzene rings is 1. The highest BCUT2D eigenvalue weighted by atomic mass is 32.2. The summed E-state index contributed by atoms with van der Waals surface area (Å²) in [5.41, 5.74) is 4.90. The van der Waals surface area contributed by atoms with E-state index in [1.165, 1.54) is 18.3 Å². The minimum absolute atomic E-state index is 0.0214.